The quantitative estimate of drug-likeness (QED) is 0.641. The molecule has 5 rings (SSSR count). The van der Waals surface area contributed by atoms with Crippen molar-refractivity contribution in [2.45, 2.75) is 56.6 Å². The lowest BCUT2D eigenvalue weighted by atomic mass is 9.84. The number of hydrogen-bond donors (Lipinski definition) is 0. The van der Waals surface area contributed by atoms with Crippen LogP contribution in [0.2, 0.25) is 0 Å². The molecule has 3 aliphatic rings. The second-order valence-corrected chi connectivity index (χ2v) is 10.5. The fourth-order valence-electron chi connectivity index (χ4n) is 5.51. The monoisotopic (exact) mass is 430 g/mol. The maximum absolute atomic E-state index is 12.5. The van der Waals surface area contributed by atoms with Gasteiger partial charge in [-0.05, 0) is 61.8 Å². The molecule has 3 heterocycles. The zero-order valence-corrected chi connectivity index (χ0v) is 18.3. The lowest BCUT2D eigenvalue weighted by Crippen LogP contribution is -2.33. The van der Waals surface area contributed by atoms with E-state index in [1.807, 2.05) is 6.07 Å². The van der Waals surface area contributed by atoms with Crippen LogP contribution in [0, 0.1) is 17.8 Å². The lowest BCUT2D eigenvalue weighted by Gasteiger charge is -2.30. The van der Waals surface area contributed by atoms with Crippen molar-refractivity contribution in [1.82, 2.24) is 19.7 Å². The molecule has 0 radical (unpaired) electrons. The zero-order valence-electron chi connectivity index (χ0n) is 16.6. The first-order valence-corrected chi connectivity index (χ1v) is 12.4. The molecule has 3 fully saturated rings. The molecule has 29 heavy (non-hydrogen) atoms. The molecule has 6 nitrogen and oxygen atoms in total. The number of aromatic nitrogens is 3. The van der Waals surface area contributed by atoms with Gasteiger partial charge in [-0.15, -0.1) is 21.5 Å². The normalized spacial score (nSPS) is 27.1. The number of thiophene rings is 1. The summed E-state index contributed by atoms with van der Waals surface area (Å²) < 4.78 is 2.26. The SMILES string of the molecule is C[C@@H]([C@@H]1C[C@H]2CC[C@H]1C2)n1c(SCC(=O)N2CCCC2=O)nnc1-c1cccs1. The van der Waals surface area contributed by atoms with Gasteiger partial charge in [-0.1, -0.05) is 24.2 Å². The van der Waals surface area contributed by atoms with Crippen molar-refractivity contribution in [2.24, 2.45) is 17.8 Å². The minimum absolute atomic E-state index is 0.0494. The number of likely N-dealkylation sites (tertiary alicyclic amines) is 1. The molecule has 2 amide bonds. The Morgan fingerprint density at radius 2 is 2.24 bits per heavy atom. The summed E-state index contributed by atoms with van der Waals surface area (Å²) in [7, 11) is 0. The van der Waals surface area contributed by atoms with E-state index in [1.165, 1.54) is 42.3 Å². The first-order chi connectivity index (χ1) is 14.1. The number of amides is 2. The van der Waals surface area contributed by atoms with E-state index in [1.54, 1.807) is 11.3 Å². The number of imide groups is 1. The van der Waals surface area contributed by atoms with Gasteiger partial charge in [-0.25, -0.2) is 0 Å². The average Bonchev–Trinajstić information content (AvgIpc) is 3.53. The highest BCUT2D eigenvalue weighted by molar-refractivity contribution is 7.99. The Hall–Kier alpha value is -1.67. The predicted molar refractivity (Wildman–Crippen MR) is 114 cm³/mol. The van der Waals surface area contributed by atoms with E-state index >= 15 is 0 Å². The van der Waals surface area contributed by atoms with Crippen molar-refractivity contribution >= 4 is 34.9 Å². The maximum atomic E-state index is 12.5. The van der Waals surface area contributed by atoms with E-state index in [-0.39, 0.29) is 17.6 Å². The van der Waals surface area contributed by atoms with E-state index in [0.717, 1.165) is 34.1 Å². The number of carbonyl (C=O) groups excluding carboxylic acids is 2. The van der Waals surface area contributed by atoms with Crippen molar-refractivity contribution in [3.63, 3.8) is 0 Å². The van der Waals surface area contributed by atoms with Gasteiger partial charge in [0.2, 0.25) is 11.8 Å². The maximum Gasteiger partial charge on any atom is 0.239 e. The fraction of sp³-hybridized carbons (Fsp3) is 0.619. The summed E-state index contributed by atoms with van der Waals surface area (Å²) in [5.41, 5.74) is 0. The molecule has 2 aliphatic carbocycles. The van der Waals surface area contributed by atoms with Gasteiger partial charge < -0.3 is 0 Å². The first-order valence-electron chi connectivity index (χ1n) is 10.6. The lowest BCUT2D eigenvalue weighted by molar-refractivity contribution is -0.140. The molecule has 2 saturated carbocycles. The highest BCUT2D eigenvalue weighted by atomic mass is 32.2. The van der Waals surface area contributed by atoms with Gasteiger partial charge in [-0.2, -0.15) is 0 Å². The second-order valence-electron chi connectivity index (χ2n) is 8.56. The minimum atomic E-state index is -0.114. The number of fused-ring (bicyclic) bond motifs is 2. The molecule has 2 aromatic rings. The van der Waals surface area contributed by atoms with Crippen LogP contribution in [0.4, 0.5) is 0 Å². The van der Waals surface area contributed by atoms with Crippen molar-refractivity contribution in [3.05, 3.63) is 17.5 Å². The van der Waals surface area contributed by atoms with Crippen LogP contribution in [0.15, 0.2) is 22.7 Å². The van der Waals surface area contributed by atoms with Crippen LogP contribution < -0.4 is 0 Å². The van der Waals surface area contributed by atoms with Gasteiger partial charge in [0.05, 0.1) is 10.6 Å². The van der Waals surface area contributed by atoms with E-state index in [0.29, 0.717) is 24.9 Å². The van der Waals surface area contributed by atoms with Gasteiger partial charge in [0, 0.05) is 19.0 Å². The molecule has 0 spiro atoms. The zero-order chi connectivity index (χ0) is 20.0. The molecule has 0 N–H and O–H groups in total. The Kier molecular flexibility index (Phi) is 5.24. The van der Waals surface area contributed by atoms with Crippen molar-refractivity contribution in [2.75, 3.05) is 12.3 Å². The van der Waals surface area contributed by atoms with Crippen LogP contribution in [0.25, 0.3) is 10.7 Å². The Balaban J connectivity index is 1.39. The molecular formula is C21H26N4O2S2. The van der Waals surface area contributed by atoms with Gasteiger partial charge in [0.25, 0.3) is 0 Å². The molecule has 4 atom stereocenters. The van der Waals surface area contributed by atoms with Crippen LogP contribution in [0.1, 0.15) is 51.5 Å². The van der Waals surface area contributed by atoms with E-state index in [9.17, 15) is 9.59 Å². The smallest absolute Gasteiger partial charge is 0.239 e. The Bertz CT molecular complexity index is 910. The Labute approximate surface area is 179 Å². The molecule has 1 saturated heterocycles. The average molecular weight is 431 g/mol. The van der Waals surface area contributed by atoms with Crippen molar-refractivity contribution < 1.29 is 9.59 Å². The first kappa shape index (κ1) is 19.3. The molecule has 2 aromatic heterocycles. The number of thioether (sulfide) groups is 1. The molecule has 8 heteroatoms. The van der Waals surface area contributed by atoms with E-state index in [2.05, 4.69) is 33.1 Å². The fourth-order valence-corrected chi connectivity index (χ4v) is 7.11. The summed E-state index contributed by atoms with van der Waals surface area (Å²) in [6.45, 7) is 2.84. The summed E-state index contributed by atoms with van der Waals surface area (Å²) >= 11 is 3.09. The number of hydrogen-bond acceptors (Lipinski definition) is 6. The molecular weight excluding hydrogens is 404 g/mol. The molecule has 1 aliphatic heterocycles. The molecule has 154 valence electrons. The van der Waals surface area contributed by atoms with Crippen LogP contribution >= 0.6 is 23.1 Å². The third-order valence-electron chi connectivity index (χ3n) is 6.92. The highest BCUT2D eigenvalue weighted by Crippen LogP contribution is 2.53. The third kappa shape index (κ3) is 3.54. The van der Waals surface area contributed by atoms with Gasteiger partial charge in [0.15, 0.2) is 11.0 Å². The van der Waals surface area contributed by atoms with Crippen LogP contribution in [-0.4, -0.2) is 43.8 Å². The predicted octanol–water partition coefficient (Wildman–Crippen LogP) is 4.24. The molecule has 0 unspecified atom stereocenters. The van der Waals surface area contributed by atoms with Gasteiger partial charge >= 0.3 is 0 Å². The van der Waals surface area contributed by atoms with Crippen molar-refractivity contribution in [3.8, 4) is 10.7 Å². The number of carbonyl (C=O) groups is 2. The topological polar surface area (TPSA) is 68.1 Å². The Morgan fingerprint density at radius 3 is 2.90 bits per heavy atom. The van der Waals surface area contributed by atoms with Gasteiger partial charge in [0.1, 0.15) is 0 Å². The van der Waals surface area contributed by atoms with Gasteiger partial charge in [-0.3, -0.25) is 19.1 Å². The summed E-state index contributed by atoms with van der Waals surface area (Å²) in [5.74, 6) is 3.31. The highest BCUT2D eigenvalue weighted by Gasteiger charge is 2.43. The summed E-state index contributed by atoms with van der Waals surface area (Å²) in [6.07, 6.45) is 6.64. The van der Waals surface area contributed by atoms with Crippen LogP contribution in [-0.2, 0) is 9.59 Å². The number of nitrogens with zero attached hydrogens (tertiary/aromatic N) is 4. The largest absolute Gasteiger partial charge is 0.298 e. The standard InChI is InChI=1S/C21H26N4O2S2/c1-13(16-11-14-6-7-15(16)10-14)25-20(17-4-3-9-28-17)22-23-21(25)29-12-19(27)24-8-2-5-18(24)26/h3-4,9,13-16H,2,5-8,10-12H2,1H3/t13-,14-,15-,16-/m0/s1. The third-order valence-corrected chi connectivity index (χ3v) is 8.72. The van der Waals surface area contributed by atoms with E-state index < -0.39 is 0 Å². The molecule has 2 bridgehead atoms. The minimum Gasteiger partial charge on any atom is -0.298 e. The summed E-state index contributed by atoms with van der Waals surface area (Å²) in [4.78, 5) is 26.9. The number of rotatable bonds is 6. The van der Waals surface area contributed by atoms with E-state index in [4.69, 9.17) is 0 Å². The van der Waals surface area contributed by atoms with Crippen LogP contribution in [0.5, 0.6) is 0 Å². The summed E-state index contributed by atoms with van der Waals surface area (Å²) in [6, 6.07) is 4.43. The molecule has 0 aromatic carbocycles. The Morgan fingerprint density at radius 1 is 1.34 bits per heavy atom. The van der Waals surface area contributed by atoms with Crippen molar-refractivity contribution in [1.29, 1.82) is 0 Å². The summed E-state index contributed by atoms with van der Waals surface area (Å²) in [5, 5.41) is 11.8. The van der Waals surface area contributed by atoms with Crippen LogP contribution in [0.3, 0.4) is 0 Å². The second kappa shape index (κ2) is 7.87.